The molecule has 27 heavy (non-hydrogen) atoms. The number of ether oxygens (including phenoxy) is 3. The van der Waals surface area contributed by atoms with Gasteiger partial charge in [0.25, 0.3) is 0 Å². The number of anilines is 1. The Kier molecular flexibility index (Phi) is 7.05. The highest BCUT2D eigenvalue weighted by Crippen LogP contribution is 2.37. The second kappa shape index (κ2) is 8.29. The van der Waals surface area contributed by atoms with Crippen molar-refractivity contribution in [1.82, 2.24) is 0 Å². The lowest BCUT2D eigenvalue weighted by Gasteiger charge is -2.28. The summed E-state index contributed by atoms with van der Waals surface area (Å²) in [6.45, 7) is 15.5. The van der Waals surface area contributed by atoms with E-state index in [0.29, 0.717) is 5.56 Å². The fraction of sp³-hybridized carbons (Fsp3) is 0.632. The van der Waals surface area contributed by atoms with Gasteiger partial charge in [0.2, 0.25) is 0 Å². The van der Waals surface area contributed by atoms with E-state index in [1.54, 1.807) is 62.3 Å². The van der Waals surface area contributed by atoms with Gasteiger partial charge in [-0.15, -0.1) is 11.3 Å². The summed E-state index contributed by atoms with van der Waals surface area (Å²) < 4.78 is 15.9. The van der Waals surface area contributed by atoms with E-state index in [-0.39, 0.29) is 17.2 Å². The Balaban J connectivity index is 3.51. The van der Waals surface area contributed by atoms with Gasteiger partial charge in [0.15, 0.2) is 0 Å². The first-order valence-corrected chi connectivity index (χ1v) is 9.52. The zero-order valence-corrected chi connectivity index (χ0v) is 18.3. The third kappa shape index (κ3) is 6.23. The number of carbonyl (C=O) groups excluding carboxylic acids is 3. The number of nitrogens with zero attached hydrogens (tertiary/aromatic N) is 1. The topological polar surface area (TPSA) is 82.1 Å². The minimum atomic E-state index is -0.913. The predicted octanol–water partition coefficient (Wildman–Crippen LogP) is 5.22. The number of amides is 2. The summed E-state index contributed by atoms with van der Waals surface area (Å²) in [6.07, 6.45) is -1.83. The van der Waals surface area contributed by atoms with Gasteiger partial charge in [-0.05, 0) is 67.9 Å². The van der Waals surface area contributed by atoms with Crippen molar-refractivity contribution in [3.05, 3.63) is 16.0 Å². The van der Waals surface area contributed by atoms with Gasteiger partial charge in [0, 0.05) is 4.88 Å². The Hall–Kier alpha value is -2.09. The number of esters is 1. The number of hydrogen-bond acceptors (Lipinski definition) is 7. The first-order valence-electron chi connectivity index (χ1n) is 8.71. The van der Waals surface area contributed by atoms with Crippen LogP contribution >= 0.6 is 11.3 Å². The summed E-state index contributed by atoms with van der Waals surface area (Å²) in [4.78, 5) is 39.6. The molecule has 0 aliphatic heterocycles. The lowest BCUT2D eigenvalue weighted by Crippen LogP contribution is -2.44. The van der Waals surface area contributed by atoms with Gasteiger partial charge in [-0.1, -0.05) is 0 Å². The molecule has 0 fully saturated rings. The Labute approximate surface area is 164 Å². The predicted molar refractivity (Wildman–Crippen MR) is 105 cm³/mol. The third-order valence-corrected chi connectivity index (χ3v) is 4.39. The molecule has 1 aromatic heterocycles. The molecule has 0 bridgehead atoms. The van der Waals surface area contributed by atoms with E-state index in [2.05, 4.69) is 0 Å². The van der Waals surface area contributed by atoms with Gasteiger partial charge in [-0.3, -0.25) is 0 Å². The lowest BCUT2D eigenvalue weighted by atomic mass is 10.1. The van der Waals surface area contributed by atoms with Crippen LogP contribution in [0.5, 0.6) is 0 Å². The fourth-order valence-corrected chi connectivity index (χ4v) is 3.19. The molecule has 0 aliphatic carbocycles. The molecule has 152 valence electrons. The van der Waals surface area contributed by atoms with Crippen LogP contribution in [0.15, 0.2) is 0 Å². The van der Waals surface area contributed by atoms with Crippen LogP contribution in [-0.4, -0.2) is 36.0 Å². The Morgan fingerprint density at radius 2 is 1.37 bits per heavy atom. The van der Waals surface area contributed by atoms with Crippen LogP contribution in [0.1, 0.15) is 69.3 Å². The van der Waals surface area contributed by atoms with Gasteiger partial charge < -0.3 is 14.2 Å². The van der Waals surface area contributed by atoms with Crippen molar-refractivity contribution in [1.29, 1.82) is 0 Å². The van der Waals surface area contributed by atoms with E-state index >= 15 is 0 Å². The molecule has 1 rings (SSSR count). The standard InChI is InChI=1S/C19H29NO6S/c1-10-24-15(21)13-11(2)12(3)27-14(13)20(16(22)25-18(4,5)6)17(23)26-19(7,8)9/h10H2,1-9H3. The summed E-state index contributed by atoms with van der Waals surface area (Å²) in [5.74, 6) is -0.605. The van der Waals surface area contributed by atoms with E-state index in [9.17, 15) is 14.4 Å². The monoisotopic (exact) mass is 399 g/mol. The quantitative estimate of drug-likeness (QED) is 0.512. The summed E-state index contributed by atoms with van der Waals surface area (Å²) in [6, 6.07) is 0. The third-order valence-electron chi connectivity index (χ3n) is 3.20. The molecule has 2 amide bonds. The van der Waals surface area contributed by atoms with Crippen LogP contribution < -0.4 is 4.90 Å². The van der Waals surface area contributed by atoms with Crippen LogP contribution in [0.3, 0.4) is 0 Å². The molecule has 0 aliphatic rings. The molecule has 0 unspecified atom stereocenters. The zero-order valence-electron chi connectivity index (χ0n) is 17.5. The van der Waals surface area contributed by atoms with Crippen LogP contribution in [0, 0.1) is 13.8 Å². The van der Waals surface area contributed by atoms with Crippen molar-refractivity contribution in [3.63, 3.8) is 0 Å². The maximum absolute atomic E-state index is 12.8. The maximum Gasteiger partial charge on any atom is 0.425 e. The number of carbonyl (C=O) groups is 3. The maximum atomic E-state index is 12.8. The second-order valence-corrected chi connectivity index (χ2v) is 9.18. The van der Waals surface area contributed by atoms with Gasteiger partial charge in [-0.2, -0.15) is 4.90 Å². The number of thiophene rings is 1. The molecule has 0 N–H and O–H groups in total. The minimum Gasteiger partial charge on any atom is -0.462 e. The summed E-state index contributed by atoms with van der Waals surface area (Å²) >= 11 is 1.14. The SMILES string of the molecule is CCOC(=O)c1c(N(C(=O)OC(C)(C)C)C(=O)OC(C)(C)C)sc(C)c1C. The molecule has 0 spiro atoms. The average molecular weight is 400 g/mol. The highest BCUT2D eigenvalue weighted by molar-refractivity contribution is 7.17. The molecule has 0 radical (unpaired) electrons. The first kappa shape index (κ1) is 23.0. The van der Waals surface area contributed by atoms with Crippen LogP contribution in [0.25, 0.3) is 0 Å². The number of aryl methyl sites for hydroxylation is 1. The average Bonchev–Trinajstić information content (AvgIpc) is 2.70. The molecule has 7 nitrogen and oxygen atoms in total. The highest BCUT2D eigenvalue weighted by Gasteiger charge is 2.37. The Morgan fingerprint density at radius 1 is 0.926 bits per heavy atom. The van der Waals surface area contributed by atoms with Gasteiger partial charge >= 0.3 is 18.2 Å². The van der Waals surface area contributed by atoms with E-state index < -0.39 is 29.4 Å². The second-order valence-electron chi connectivity index (χ2n) is 7.98. The van der Waals surface area contributed by atoms with Crippen molar-refractivity contribution < 1.29 is 28.6 Å². The molecule has 0 saturated carbocycles. The van der Waals surface area contributed by atoms with Crippen molar-refractivity contribution in [2.75, 3.05) is 11.5 Å². The van der Waals surface area contributed by atoms with Crippen LogP contribution in [0.2, 0.25) is 0 Å². The lowest BCUT2D eigenvalue weighted by molar-refractivity contribution is 0.0432. The number of rotatable bonds is 3. The minimum absolute atomic E-state index is 0.131. The first-order chi connectivity index (χ1) is 12.2. The van der Waals surface area contributed by atoms with Gasteiger partial charge in [-0.25, -0.2) is 14.4 Å². The molecule has 0 aromatic carbocycles. The van der Waals surface area contributed by atoms with Crippen LogP contribution in [0.4, 0.5) is 14.6 Å². The Morgan fingerprint density at radius 3 is 1.74 bits per heavy atom. The molecule has 1 heterocycles. The largest absolute Gasteiger partial charge is 0.462 e. The summed E-state index contributed by atoms with van der Waals surface area (Å²) in [5.41, 5.74) is -0.854. The van der Waals surface area contributed by atoms with Crippen LogP contribution in [-0.2, 0) is 14.2 Å². The number of hydrogen-bond donors (Lipinski definition) is 0. The molecular weight excluding hydrogens is 370 g/mol. The van der Waals surface area contributed by atoms with Gasteiger partial charge in [0.05, 0.1) is 12.2 Å². The van der Waals surface area contributed by atoms with E-state index in [4.69, 9.17) is 14.2 Å². The molecule has 1 aromatic rings. The molecule has 8 heteroatoms. The van der Waals surface area contributed by atoms with Crippen molar-refractivity contribution >= 4 is 34.5 Å². The zero-order chi connectivity index (χ0) is 21.2. The van der Waals surface area contributed by atoms with E-state index in [1.807, 2.05) is 0 Å². The Bertz CT molecular complexity index is 696. The molecule has 0 atom stereocenters. The van der Waals surface area contributed by atoms with E-state index in [1.165, 1.54) is 0 Å². The fourth-order valence-electron chi connectivity index (χ4n) is 2.07. The normalized spacial score (nSPS) is 11.7. The summed E-state index contributed by atoms with van der Waals surface area (Å²) in [5, 5.41) is 0.131. The van der Waals surface area contributed by atoms with E-state index in [0.717, 1.165) is 21.1 Å². The highest BCUT2D eigenvalue weighted by atomic mass is 32.1. The van der Waals surface area contributed by atoms with Gasteiger partial charge in [0.1, 0.15) is 16.2 Å². The molecular formula is C19H29NO6S. The smallest absolute Gasteiger partial charge is 0.425 e. The van der Waals surface area contributed by atoms with Crippen molar-refractivity contribution in [2.24, 2.45) is 0 Å². The van der Waals surface area contributed by atoms with Crippen molar-refractivity contribution in [3.8, 4) is 0 Å². The van der Waals surface area contributed by atoms with Crippen molar-refractivity contribution in [2.45, 2.75) is 73.5 Å². The molecule has 0 saturated heterocycles. The number of imide groups is 1. The summed E-state index contributed by atoms with van der Waals surface area (Å²) in [7, 11) is 0.